The van der Waals surface area contributed by atoms with Crippen molar-refractivity contribution in [3.05, 3.63) is 70.9 Å². The summed E-state index contributed by atoms with van der Waals surface area (Å²) in [6.07, 6.45) is 3.81. The average molecular weight is 775 g/mol. The van der Waals surface area contributed by atoms with Crippen LogP contribution in [0.5, 0.6) is 5.75 Å². The quantitative estimate of drug-likeness (QED) is 0.0829. The summed E-state index contributed by atoms with van der Waals surface area (Å²) in [5.41, 5.74) is 0.616. The third kappa shape index (κ3) is 4.56. The summed E-state index contributed by atoms with van der Waals surface area (Å²) in [7, 11) is 4.70. The topological polar surface area (TPSA) is 157 Å². The normalized spacial score (nSPS) is 37.2. The third-order valence-electron chi connectivity index (χ3n) is 15.0. The number of methoxy groups -OCH3 is 2. The van der Waals surface area contributed by atoms with E-state index in [1.165, 1.54) is 14.2 Å². The second-order valence-electron chi connectivity index (χ2n) is 17.4. The number of esters is 1. The molecule has 1 aromatic heterocycles. The fourth-order valence-electron chi connectivity index (χ4n) is 12.9. The highest BCUT2D eigenvalue weighted by atomic mass is 19.3. The van der Waals surface area contributed by atoms with Crippen molar-refractivity contribution in [2.45, 2.75) is 86.6 Å². The number of hydrazine groups is 1. The number of benzene rings is 2. The molecule has 3 aromatic rings. The minimum atomic E-state index is -2.93. The number of alkyl halides is 2. The van der Waals surface area contributed by atoms with Gasteiger partial charge < -0.3 is 29.6 Å². The molecule has 2 aromatic carbocycles. The van der Waals surface area contributed by atoms with Crippen LogP contribution in [0.25, 0.3) is 10.9 Å². The van der Waals surface area contributed by atoms with Crippen LogP contribution in [0.4, 0.5) is 14.5 Å². The maximum atomic E-state index is 15.3. The van der Waals surface area contributed by atoms with Gasteiger partial charge in [-0.05, 0) is 68.3 Å². The Kier molecular flexibility index (Phi) is 8.34. The van der Waals surface area contributed by atoms with Gasteiger partial charge in [0, 0.05) is 89.9 Å². The Bertz CT molecular complexity index is 2160. The van der Waals surface area contributed by atoms with Gasteiger partial charge in [-0.1, -0.05) is 37.3 Å². The van der Waals surface area contributed by atoms with E-state index in [2.05, 4.69) is 20.2 Å². The van der Waals surface area contributed by atoms with Gasteiger partial charge in [0.15, 0.2) is 5.60 Å². The number of carbonyl (C=O) groups excluding carboxylic acids is 2. The maximum absolute atomic E-state index is 15.3. The van der Waals surface area contributed by atoms with Gasteiger partial charge >= 0.3 is 5.97 Å². The summed E-state index contributed by atoms with van der Waals surface area (Å²) < 4.78 is 42.6. The maximum Gasteiger partial charge on any atom is 0.322 e. The summed E-state index contributed by atoms with van der Waals surface area (Å²) >= 11 is 0. The first-order chi connectivity index (χ1) is 26.7. The largest absolute Gasteiger partial charge is 0.496 e. The number of ether oxygens (including phenoxy) is 2. The lowest BCUT2D eigenvalue weighted by molar-refractivity contribution is -0.203. The number of aromatic nitrogens is 1. The average Bonchev–Trinajstić information content (AvgIpc) is 3.84. The number of amides is 1. The summed E-state index contributed by atoms with van der Waals surface area (Å²) in [5.74, 6) is 0.594. The molecule has 6 heterocycles. The van der Waals surface area contributed by atoms with E-state index >= 15 is 13.6 Å². The van der Waals surface area contributed by atoms with Crippen molar-refractivity contribution >= 4 is 28.5 Å². The number of aliphatic hydroxyl groups excluding tert-OH is 1. The predicted octanol–water partition coefficient (Wildman–Crippen LogP) is 3.32. The molecule has 1 spiro atoms. The molecule has 1 amide bonds. The number of piperidine rings is 1. The molecule has 3 fully saturated rings. The zero-order chi connectivity index (χ0) is 39.7. The number of hydrogen-bond acceptors (Lipinski definition) is 10. The molecule has 10 atom stereocenters. The molecular weight excluding hydrogens is 722 g/mol. The zero-order valence-electron chi connectivity index (χ0n) is 32.6. The number of aliphatic hydroxyl groups is 2. The molecule has 1 aliphatic carbocycles. The second-order valence-corrected chi connectivity index (χ2v) is 17.4. The molecule has 10 unspecified atom stereocenters. The van der Waals surface area contributed by atoms with Gasteiger partial charge in [0.25, 0.3) is 5.91 Å². The van der Waals surface area contributed by atoms with Gasteiger partial charge in [0.2, 0.25) is 5.92 Å². The highest BCUT2D eigenvalue weighted by molar-refractivity contribution is 5.95. The third-order valence-corrected chi connectivity index (χ3v) is 15.0. The molecule has 12 nitrogen and oxygen atoms in total. The Balaban J connectivity index is 1.35. The second kappa shape index (κ2) is 12.5. The lowest BCUT2D eigenvalue weighted by Gasteiger charge is -2.63. The number of nitrogens with zero attached hydrogens (tertiary/aromatic N) is 3. The monoisotopic (exact) mass is 774 g/mol. The minimum absolute atomic E-state index is 0.166. The van der Waals surface area contributed by atoms with Crippen molar-refractivity contribution < 1.29 is 38.1 Å². The van der Waals surface area contributed by atoms with Crippen molar-refractivity contribution in [2.75, 3.05) is 52.3 Å². The van der Waals surface area contributed by atoms with E-state index in [9.17, 15) is 15.0 Å². The number of fused-ring (bicyclic) bond motifs is 6. The first-order valence-electron chi connectivity index (χ1n) is 19.7. The molecular formula is C42H52F2N6O6. The predicted molar refractivity (Wildman–Crippen MR) is 205 cm³/mol. The highest BCUT2D eigenvalue weighted by Gasteiger charge is 2.78. The van der Waals surface area contributed by atoms with E-state index in [1.54, 1.807) is 0 Å². The molecule has 2 saturated heterocycles. The van der Waals surface area contributed by atoms with E-state index in [1.807, 2.05) is 67.4 Å². The first kappa shape index (κ1) is 37.5. The van der Waals surface area contributed by atoms with Gasteiger partial charge in [0.05, 0.1) is 20.3 Å². The molecule has 56 heavy (non-hydrogen) atoms. The van der Waals surface area contributed by atoms with Crippen LogP contribution in [-0.2, 0) is 31.7 Å². The number of halogens is 2. The molecule has 6 N–H and O–H groups in total. The number of likely N-dealkylation sites (N-methyl/N-ethyl adjacent to an activating group) is 1. The summed E-state index contributed by atoms with van der Waals surface area (Å²) in [4.78, 5) is 39.0. The first-order valence-corrected chi connectivity index (χ1v) is 19.7. The van der Waals surface area contributed by atoms with Crippen LogP contribution in [-0.4, -0.2) is 114 Å². The zero-order valence-corrected chi connectivity index (χ0v) is 32.6. The number of H-pyrrole nitrogens is 1. The highest BCUT2D eigenvalue weighted by Crippen LogP contribution is 2.67. The van der Waals surface area contributed by atoms with E-state index in [0.717, 1.165) is 29.0 Å². The summed E-state index contributed by atoms with van der Waals surface area (Å²) in [6.45, 7) is 5.32. The number of aromatic amines is 1. The van der Waals surface area contributed by atoms with E-state index in [4.69, 9.17) is 15.3 Å². The van der Waals surface area contributed by atoms with E-state index in [0.29, 0.717) is 61.7 Å². The van der Waals surface area contributed by atoms with Crippen LogP contribution in [0.3, 0.4) is 0 Å². The Morgan fingerprint density at radius 2 is 1.91 bits per heavy atom. The number of nitrogens with two attached hydrogens (primary N) is 1. The van der Waals surface area contributed by atoms with Gasteiger partial charge in [-0.25, -0.2) is 14.6 Å². The Labute approximate surface area is 324 Å². The molecule has 6 aliphatic rings. The van der Waals surface area contributed by atoms with Gasteiger partial charge in [-0.2, -0.15) is 0 Å². The van der Waals surface area contributed by atoms with Gasteiger partial charge in [0.1, 0.15) is 17.3 Å². The van der Waals surface area contributed by atoms with E-state index < -0.39 is 57.7 Å². The fraction of sp³-hybridized carbons (Fsp3) is 0.571. The molecule has 5 aliphatic heterocycles. The van der Waals surface area contributed by atoms with Crippen LogP contribution in [0, 0.1) is 17.3 Å². The van der Waals surface area contributed by atoms with Crippen molar-refractivity contribution in [1.29, 1.82) is 0 Å². The standard InChI is InChI=1S/C42H52F2N6O6/c1-6-39-12-9-14-50-15-13-40(33(39)50)27-17-28(31(55-4)18-30(27)48(3)34(40)42(54,35(39)51)36(52)47-45)41(37(53)56-5)19-23-16-24(38(2,43)44)21-49(20-23)22-26-25-10-7-8-11-29(25)46-32(26)41/h7-12,17-18,23-24,33-35,46,51,54H,6,13-16,19-22,45H2,1-5H3,(H,47,52). The molecule has 9 rings (SSSR count). The van der Waals surface area contributed by atoms with Crippen molar-refractivity contribution in [3.8, 4) is 5.75 Å². The Morgan fingerprint density at radius 3 is 2.61 bits per heavy atom. The van der Waals surface area contributed by atoms with Gasteiger partial charge in [-0.3, -0.25) is 24.8 Å². The molecule has 2 bridgehead atoms. The SMILES string of the molecule is CCC12C=CCN3CCC4(c5cc(C6(C(=O)OC)CC7CC(C(C)(F)F)CN(Cc8c6[nH]c6ccccc86)C7)c(OC)cc5N(C)C4C(O)(C(=O)NN)C1O)C32. The Hall–Kier alpha value is -4.08. The van der Waals surface area contributed by atoms with Crippen LogP contribution < -0.4 is 20.9 Å². The van der Waals surface area contributed by atoms with Crippen molar-refractivity contribution in [2.24, 2.45) is 23.1 Å². The number of hydrogen-bond donors (Lipinski definition) is 5. The van der Waals surface area contributed by atoms with Crippen LogP contribution in [0.2, 0.25) is 0 Å². The molecule has 300 valence electrons. The number of carbonyl (C=O) groups is 2. The number of nitrogens with one attached hydrogen (secondary N) is 2. The lowest BCUT2D eigenvalue weighted by atomic mass is 9.47. The fourth-order valence-corrected chi connectivity index (χ4v) is 12.9. The van der Waals surface area contributed by atoms with Crippen molar-refractivity contribution in [3.63, 3.8) is 0 Å². The number of anilines is 1. The molecule has 14 heteroatoms. The molecule has 0 radical (unpaired) electrons. The summed E-state index contributed by atoms with van der Waals surface area (Å²) in [5, 5.41) is 26.1. The smallest absolute Gasteiger partial charge is 0.322 e. The van der Waals surface area contributed by atoms with Crippen LogP contribution in [0.1, 0.15) is 61.9 Å². The number of rotatable bonds is 6. The van der Waals surface area contributed by atoms with Gasteiger partial charge in [-0.15, -0.1) is 0 Å². The Morgan fingerprint density at radius 1 is 1.14 bits per heavy atom. The van der Waals surface area contributed by atoms with Crippen LogP contribution in [0.15, 0.2) is 48.6 Å². The van der Waals surface area contributed by atoms with Crippen LogP contribution >= 0.6 is 0 Å². The van der Waals surface area contributed by atoms with Crippen molar-refractivity contribution in [1.82, 2.24) is 20.2 Å². The summed E-state index contributed by atoms with van der Waals surface area (Å²) in [6, 6.07) is 10.4. The number of para-hydroxylation sites is 1. The minimum Gasteiger partial charge on any atom is -0.496 e. The lowest BCUT2D eigenvalue weighted by Crippen LogP contribution is -2.82. The van der Waals surface area contributed by atoms with E-state index in [-0.39, 0.29) is 31.3 Å². The molecule has 1 saturated carbocycles.